The molecule has 6 heteroatoms. The molecule has 2 heterocycles. The van der Waals surface area contributed by atoms with Gasteiger partial charge in [-0.3, -0.25) is 0 Å². The van der Waals surface area contributed by atoms with Gasteiger partial charge in [0.2, 0.25) is 0 Å². The normalized spacial score (nSPS) is 30.7. The third-order valence-electron chi connectivity index (χ3n) is 3.30. The highest BCUT2D eigenvalue weighted by Crippen LogP contribution is 2.38. The van der Waals surface area contributed by atoms with Gasteiger partial charge in [0.05, 0.1) is 0 Å². The van der Waals surface area contributed by atoms with Crippen molar-refractivity contribution in [3.05, 3.63) is 0 Å². The van der Waals surface area contributed by atoms with Crippen LogP contribution in [0.1, 0.15) is 40.5 Å². The second-order valence-electron chi connectivity index (χ2n) is 6.17. The maximum Gasteiger partial charge on any atom is 0.410 e. The Balaban J connectivity index is 1.83. The van der Waals surface area contributed by atoms with Crippen molar-refractivity contribution in [2.45, 2.75) is 64.4 Å². The number of hydrogen-bond acceptors (Lipinski definition) is 4. The van der Waals surface area contributed by atoms with E-state index in [2.05, 4.69) is 0 Å². The number of alkyl halides is 1. The van der Waals surface area contributed by atoms with Crippen molar-refractivity contribution in [2.75, 3.05) is 13.1 Å². The molecule has 0 atom stereocenters. The summed E-state index contributed by atoms with van der Waals surface area (Å²) in [7, 11) is 0. The summed E-state index contributed by atoms with van der Waals surface area (Å²) in [5, 5.41) is 0. The number of nitrogens with zero attached hydrogens (tertiary/aromatic N) is 1. The van der Waals surface area contributed by atoms with Crippen molar-refractivity contribution >= 4 is 6.09 Å². The van der Waals surface area contributed by atoms with E-state index < -0.39 is 23.7 Å². The molecular formula is C13H22FNO4. The van der Waals surface area contributed by atoms with Gasteiger partial charge in [0.15, 0.2) is 18.2 Å². The van der Waals surface area contributed by atoms with Gasteiger partial charge in [-0.2, -0.15) is 0 Å². The van der Waals surface area contributed by atoms with E-state index in [1.807, 2.05) is 20.8 Å². The molecule has 2 aliphatic rings. The Morgan fingerprint density at radius 2 is 1.84 bits per heavy atom. The zero-order chi connectivity index (χ0) is 14.3. The number of carbonyl (C=O) groups excluding carboxylic acids is 1. The van der Waals surface area contributed by atoms with Gasteiger partial charge in [0.1, 0.15) is 5.60 Å². The monoisotopic (exact) mass is 275 g/mol. The van der Waals surface area contributed by atoms with E-state index in [-0.39, 0.29) is 19.1 Å². The maximum absolute atomic E-state index is 14.5. The van der Waals surface area contributed by atoms with E-state index in [1.54, 1.807) is 6.92 Å². The van der Waals surface area contributed by atoms with Gasteiger partial charge < -0.3 is 19.1 Å². The lowest BCUT2D eigenvalue weighted by molar-refractivity contribution is -0.413. The van der Waals surface area contributed by atoms with Crippen LogP contribution in [0, 0.1) is 0 Å². The van der Waals surface area contributed by atoms with Crippen molar-refractivity contribution in [3.8, 4) is 0 Å². The molecule has 0 bridgehead atoms. The first-order valence-corrected chi connectivity index (χ1v) is 6.67. The Morgan fingerprint density at radius 3 is 2.26 bits per heavy atom. The predicted molar refractivity (Wildman–Crippen MR) is 66.3 cm³/mol. The number of likely N-dealkylation sites (tertiary alicyclic amines) is 1. The lowest BCUT2D eigenvalue weighted by Gasteiger charge is -2.46. The summed E-state index contributed by atoms with van der Waals surface area (Å²) in [4.78, 5) is 13.4. The zero-order valence-electron chi connectivity index (χ0n) is 11.9. The van der Waals surface area contributed by atoms with E-state index in [9.17, 15) is 9.18 Å². The van der Waals surface area contributed by atoms with Crippen LogP contribution in [0.4, 0.5) is 9.18 Å². The Hall–Kier alpha value is -0.880. The quantitative estimate of drug-likeness (QED) is 0.737. The Morgan fingerprint density at radius 1 is 1.32 bits per heavy atom. The number of piperidine rings is 1. The molecule has 2 fully saturated rings. The second kappa shape index (κ2) is 4.90. The van der Waals surface area contributed by atoms with Gasteiger partial charge in [-0.25, -0.2) is 9.18 Å². The van der Waals surface area contributed by atoms with Crippen molar-refractivity contribution in [2.24, 2.45) is 0 Å². The molecule has 0 aliphatic carbocycles. The number of carbonyl (C=O) groups is 1. The van der Waals surface area contributed by atoms with E-state index in [1.165, 1.54) is 4.90 Å². The molecule has 0 spiro atoms. The van der Waals surface area contributed by atoms with Crippen molar-refractivity contribution in [3.63, 3.8) is 0 Å². The molecule has 0 saturated carbocycles. The van der Waals surface area contributed by atoms with Crippen molar-refractivity contribution < 1.29 is 23.4 Å². The van der Waals surface area contributed by atoms with Crippen molar-refractivity contribution in [1.29, 1.82) is 0 Å². The van der Waals surface area contributed by atoms with Crippen LogP contribution < -0.4 is 0 Å². The lowest BCUT2D eigenvalue weighted by atomic mass is 9.92. The molecule has 5 nitrogen and oxygen atoms in total. The topological polar surface area (TPSA) is 48.0 Å². The van der Waals surface area contributed by atoms with Gasteiger partial charge in [0, 0.05) is 25.9 Å². The van der Waals surface area contributed by atoms with Gasteiger partial charge in [0.25, 0.3) is 0 Å². The van der Waals surface area contributed by atoms with Gasteiger partial charge in [-0.15, -0.1) is 0 Å². The average Bonchev–Trinajstić information content (AvgIpc) is 2.23. The molecule has 1 amide bonds. The standard InChI is InChI=1S/C13H22FNO4/c1-9-17-10(18-9)13(14)5-7-15(8-6-13)11(16)19-12(2,3)4/h9-10H,5-8H2,1-4H3. The van der Waals surface area contributed by atoms with Crippen LogP contribution in [0.25, 0.3) is 0 Å². The number of hydrogen-bond donors (Lipinski definition) is 0. The van der Waals surface area contributed by atoms with Gasteiger partial charge >= 0.3 is 6.09 Å². The van der Waals surface area contributed by atoms with Gasteiger partial charge in [-0.1, -0.05) is 0 Å². The molecule has 0 aromatic carbocycles. The summed E-state index contributed by atoms with van der Waals surface area (Å²) in [5.41, 5.74) is -2.03. The van der Waals surface area contributed by atoms with Crippen LogP contribution in [0.2, 0.25) is 0 Å². The summed E-state index contributed by atoms with van der Waals surface area (Å²) >= 11 is 0. The molecule has 2 aliphatic heterocycles. The fourth-order valence-corrected chi connectivity index (χ4v) is 2.23. The molecule has 19 heavy (non-hydrogen) atoms. The molecule has 0 aromatic heterocycles. The minimum Gasteiger partial charge on any atom is -0.444 e. The van der Waals surface area contributed by atoms with Crippen LogP contribution in [0.5, 0.6) is 0 Å². The molecule has 0 aromatic rings. The van der Waals surface area contributed by atoms with Crippen LogP contribution in [0.3, 0.4) is 0 Å². The zero-order valence-corrected chi connectivity index (χ0v) is 11.9. The highest BCUT2D eigenvalue weighted by atomic mass is 19.1. The van der Waals surface area contributed by atoms with Crippen molar-refractivity contribution in [1.82, 2.24) is 4.90 Å². The van der Waals surface area contributed by atoms with Crippen LogP contribution in [0.15, 0.2) is 0 Å². The number of amides is 1. The first kappa shape index (κ1) is 14.5. The van der Waals surface area contributed by atoms with E-state index in [0.717, 1.165) is 0 Å². The molecule has 2 saturated heterocycles. The van der Waals surface area contributed by atoms with Crippen LogP contribution in [-0.4, -0.2) is 47.9 Å². The first-order chi connectivity index (χ1) is 8.70. The molecule has 2 rings (SSSR count). The summed E-state index contributed by atoms with van der Waals surface area (Å²) in [6.07, 6.45) is -1.09. The van der Waals surface area contributed by atoms with Crippen LogP contribution in [-0.2, 0) is 14.2 Å². The summed E-state index contributed by atoms with van der Waals surface area (Å²) in [6.45, 7) is 7.81. The summed E-state index contributed by atoms with van der Waals surface area (Å²) in [5.74, 6) is 0. The molecule has 0 N–H and O–H groups in total. The summed E-state index contributed by atoms with van der Waals surface area (Å²) < 4.78 is 30.3. The van der Waals surface area contributed by atoms with E-state index in [0.29, 0.717) is 13.1 Å². The molecule has 0 radical (unpaired) electrons. The second-order valence-corrected chi connectivity index (χ2v) is 6.17. The third-order valence-corrected chi connectivity index (χ3v) is 3.30. The number of rotatable bonds is 1. The average molecular weight is 275 g/mol. The minimum atomic E-state index is -1.50. The largest absolute Gasteiger partial charge is 0.444 e. The van der Waals surface area contributed by atoms with E-state index >= 15 is 0 Å². The van der Waals surface area contributed by atoms with E-state index in [4.69, 9.17) is 14.2 Å². The fraction of sp³-hybridized carbons (Fsp3) is 0.923. The van der Waals surface area contributed by atoms with Crippen LogP contribution >= 0.6 is 0 Å². The molecule has 110 valence electrons. The highest BCUT2D eigenvalue weighted by molar-refractivity contribution is 5.68. The first-order valence-electron chi connectivity index (χ1n) is 6.67. The summed E-state index contributed by atoms with van der Waals surface area (Å²) in [6, 6.07) is 0. The smallest absolute Gasteiger partial charge is 0.410 e. The fourth-order valence-electron chi connectivity index (χ4n) is 2.23. The highest BCUT2D eigenvalue weighted by Gasteiger charge is 2.50. The number of halogens is 1. The number of ether oxygens (including phenoxy) is 3. The lowest BCUT2D eigenvalue weighted by Crippen LogP contribution is -2.58. The molecular weight excluding hydrogens is 253 g/mol. The van der Waals surface area contributed by atoms with Gasteiger partial charge in [-0.05, 0) is 27.7 Å². The SMILES string of the molecule is CC1OC(C2(F)CCN(C(=O)OC(C)(C)C)CC2)O1. The predicted octanol–water partition coefficient (Wildman–Crippen LogP) is 2.44. The maximum atomic E-state index is 14.5. The third kappa shape index (κ3) is 3.36. The Labute approximate surface area is 113 Å². The minimum absolute atomic E-state index is 0.212. The Bertz CT molecular complexity index is 341. The molecule has 0 unspecified atom stereocenters. The Kier molecular flexibility index (Phi) is 3.75.